The summed E-state index contributed by atoms with van der Waals surface area (Å²) in [5.41, 5.74) is 3.13. The van der Waals surface area contributed by atoms with Crippen molar-refractivity contribution in [2.24, 2.45) is 0 Å². The highest BCUT2D eigenvalue weighted by atomic mass is 35.5. The molecule has 0 saturated carbocycles. The number of aromatic nitrogens is 2. The van der Waals surface area contributed by atoms with Crippen LogP contribution in [0.4, 0.5) is 0 Å². The number of hydrogen-bond acceptors (Lipinski definition) is 1. The average molecular weight is 283 g/mol. The Morgan fingerprint density at radius 1 is 1.22 bits per heavy atom. The summed E-state index contributed by atoms with van der Waals surface area (Å²) in [7, 11) is 0. The average Bonchev–Trinajstić information content (AvgIpc) is 2.57. The second-order valence-electron chi connectivity index (χ2n) is 4.69. The van der Waals surface area contributed by atoms with E-state index in [9.17, 15) is 0 Å². The summed E-state index contributed by atoms with van der Waals surface area (Å²) in [6, 6.07) is 7.76. The zero-order valence-corrected chi connectivity index (χ0v) is 12.3. The van der Waals surface area contributed by atoms with Gasteiger partial charge in [-0.15, -0.1) is 0 Å². The van der Waals surface area contributed by atoms with Gasteiger partial charge in [-0.2, -0.15) is 5.10 Å². The minimum absolute atomic E-state index is 0.373. The summed E-state index contributed by atoms with van der Waals surface area (Å²) < 4.78 is 1.81. The van der Waals surface area contributed by atoms with E-state index in [0.717, 1.165) is 21.8 Å². The minimum atomic E-state index is 0.373. The van der Waals surface area contributed by atoms with Crippen molar-refractivity contribution in [2.75, 3.05) is 0 Å². The van der Waals surface area contributed by atoms with E-state index in [0.29, 0.717) is 17.6 Å². The van der Waals surface area contributed by atoms with E-state index < -0.39 is 0 Å². The Bertz CT molecular complexity index is 559. The molecule has 18 heavy (non-hydrogen) atoms. The highest BCUT2D eigenvalue weighted by molar-refractivity contribution is 6.31. The number of aryl methyl sites for hydroxylation is 1. The van der Waals surface area contributed by atoms with Gasteiger partial charge in [-0.1, -0.05) is 55.2 Å². The highest BCUT2D eigenvalue weighted by Crippen LogP contribution is 2.28. The lowest BCUT2D eigenvalue weighted by Crippen LogP contribution is -2.02. The van der Waals surface area contributed by atoms with Crippen molar-refractivity contribution in [3.8, 4) is 0 Å². The van der Waals surface area contributed by atoms with Gasteiger partial charge in [-0.3, -0.25) is 0 Å². The van der Waals surface area contributed by atoms with E-state index in [-0.39, 0.29) is 0 Å². The minimum Gasteiger partial charge on any atom is -0.249 e. The first-order valence-electron chi connectivity index (χ1n) is 5.97. The Kier molecular flexibility index (Phi) is 3.98. The Balaban J connectivity index is 2.36. The summed E-state index contributed by atoms with van der Waals surface area (Å²) in [6.07, 6.45) is 0. The summed E-state index contributed by atoms with van der Waals surface area (Å²) in [5, 5.41) is 5.95. The van der Waals surface area contributed by atoms with Gasteiger partial charge < -0.3 is 0 Å². The third kappa shape index (κ3) is 2.55. The van der Waals surface area contributed by atoms with Crippen molar-refractivity contribution in [1.82, 2.24) is 9.78 Å². The molecule has 0 fully saturated rings. The molecule has 0 radical (unpaired) electrons. The molecule has 0 aliphatic rings. The topological polar surface area (TPSA) is 17.8 Å². The van der Waals surface area contributed by atoms with Gasteiger partial charge in [0.25, 0.3) is 0 Å². The van der Waals surface area contributed by atoms with Gasteiger partial charge in [0, 0.05) is 10.6 Å². The van der Waals surface area contributed by atoms with Crippen LogP contribution < -0.4 is 0 Å². The molecule has 0 unspecified atom stereocenters. The molecule has 96 valence electrons. The van der Waals surface area contributed by atoms with Crippen LogP contribution in [-0.2, 0) is 6.54 Å². The Morgan fingerprint density at radius 3 is 2.44 bits per heavy atom. The van der Waals surface area contributed by atoms with Gasteiger partial charge in [-0.25, -0.2) is 4.68 Å². The summed E-state index contributed by atoms with van der Waals surface area (Å²) in [4.78, 5) is 0. The first-order valence-corrected chi connectivity index (χ1v) is 6.72. The van der Waals surface area contributed by atoms with Crippen molar-refractivity contribution < 1.29 is 0 Å². The van der Waals surface area contributed by atoms with Crippen LogP contribution >= 0.6 is 23.2 Å². The molecule has 1 heterocycles. The molecule has 0 saturated heterocycles. The molecule has 0 atom stereocenters. The van der Waals surface area contributed by atoms with Crippen molar-refractivity contribution in [3.63, 3.8) is 0 Å². The zero-order chi connectivity index (χ0) is 13.3. The second-order valence-corrected chi connectivity index (χ2v) is 5.46. The fourth-order valence-electron chi connectivity index (χ4n) is 2.12. The van der Waals surface area contributed by atoms with E-state index in [4.69, 9.17) is 23.2 Å². The SMILES string of the molecule is Cc1nn(Cc2ccccc2Cl)c(Cl)c1C(C)C. The third-order valence-electron chi connectivity index (χ3n) is 2.96. The highest BCUT2D eigenvalue weighted by Gasteiger charge is 2.16. The number of nitrogens with zero attached hydrogens (tertiary/aromatic N) is 2. The first-order chi connectivity index (χ1) is 8.50. The zero-order valence-electron chi connectivity index (χ0n) is 10.7. The number of benzene rings is 1. The normalized spacial score (nSPS) is 11.2. The van der Waals surface area contributed by atoms with Gasteiger partial charge in [-0.05, 0) is 24.5 Å². The maximum Gasteiger partial charge on any atom is 0.131 e. The van der Waals surface area contributed by atoms with Crippen molar-refractivity contribution >= 4 is 23.2 Å². The van der Waals surface area contributed by atoms with Crippen LogP contribution in [0.5, 0.6) is 0 Å². The van der Waals surface area contributed by atoms with E-state index in [1.165, 1.54) is 0 Å². The number of rotatable bonds is 3. The van der Waals surface area contributed by atoms with E-state index >= 15 is 0 Å². The molecule has 0 spiro atoms. The molecule has 0 amide bonds. The van der Waals surface area contributed by atoms with Gasteiger partial charge in [0.15, 0.2) is 0 Å². The van der Waals surface area contributed by atoms with Crippen LogP contribution in [0.2, 0.25) is 10.2 Å². The Labute approximate surface area is 118 Å². The van der Waals surface area contributed by atoms with Gasteiger partial charge in [0.2, 0.25) is 0 Å². The molecule has 2 nitrogen and oxygen atoms in total. The molecule has 0 aliphatic heterocycles. The van der Waals surface area contributed by atoms with E-state index in [1.807, 2.05) is 35.9 Å². The number of hydrogen-bond donors (Lipinski definition) is 0. The van der Waals surface area contributed by atoms with E-state index in [1.54, 1.807) is 0 Å². The number of halogens is 2. The van der Waals surface area contributed by atoms with Crippen molar-refractivity contribution in [3.05, 3.63) is 51.3 Å². The summed E-state index contributed by atoms with van der Waals surface area (Å²) in [6.45, 7) is 6.84. The Morgan fingerprint density at radius 2 is 1.89 bits per heavy atom. The fraction of sp³-hybridized carbons (Fsp3) is 0.357. The van der Waals surface area contributed by atoms with Crippen LogP contribution in [0.25, 0.3) is 0 Å². The van der Waals surface area contributed by atoms with Gasteiger partial charge in [0.05, 0.1) is 12.2 Å². The summed E-state index contributed by atoms with van der Waals surface area (Å²) >= 11 is 12.5. The quantitative estimate of drug-likeness (QED) is 0.800. The van der Waals surface area contributed by atoms with Gasteiger partial charge >= 0.3 is 0 Å². The molecule has 2 aromatic rings. The molecule has 4 heteroatoms. The maximum atomic E-state index is 6.38. The molecule has 1 aromatic heterocycles. The van der Waals surface area contributed by atoms with Crippen LogP contribution in [-0.4, -0.2) is 9.78 Å². The maximum absolute atomic E-state index is 6.38. The molecule has 1 aromatic carbocycles. The predicted octanol–water partition coefficient (Wildman–Crippen LogP) is 4.67. The van der Waals surface area contributed by atoms with E-state index in [2.05, 4.69) is 18.9 Å². The lowest BCUT2D eigenvalue weighted by molar-refractivity contribution is 0.680. The molecule has 2 rings (SSSR count). The lowest BCUT2D eigenvalue weighted by Gasteiger charge is -2.07. The molecular formula is C14H16Cl2N2. The lowest BCUT2D eigenvalue weighted by atomic mass is 10.1. The Hall–Kier alpha value is -0.990. The third-order valence-corrected chi connectivity index (χ3v) is 3.73. The fourth-order valence-corrected chi connectivity index (χ4v) is 2.76. The second kappa shape index (κ2) is 5.33. The van der Waals surface area contributed by atoms with Crippen molar-refractivity contribution in [2.45, 2.75) is 33.2 Å². The van der Waals surface area contributed by atoms with Crippen LogP contribution in [0.3, 0.4) is 0 Å². The monoisotopic (exact) mass is 282 g/mol. The van der Waals surface area contributed by atoms with Crippen molar-refractivity contribution in [1.29, 1.82) is 0 Å². The van der Waals surface area contributed by atoms with Crippen LogP contribution in [0, 0.1) is 6.92 Å². The molecule has 0 N–H and O–H groups in total. The molecular weight excluding hydrogens is 267 g/mol. The standard InChI is InChI=1S/C14H16Cl2N2/c1-9(2)13-10(3)17-18(14(13)16)8-11-6-4-5-7-12(11)15/h4-7,9H,8H2,1-3H3. The molecule has 0 aliphatic carbocycles. The van der Waals surface area contributed by atoms with Gasteiger partial charge in [0.1, 0.15) is 5.15 Å². The van der Waals surface area contributed by atoms with Crippen LogP contribution in [0.15, 0.2) is 24.3 Å². The molecule has 0 bridgehead atoms. The first kappa shape index (κ1) is 13.4. The largest absolute Gasteiger partial charge is 0.249 e. The predicted molar refractivity (Wildman–Crippen MR) is 76.6 cm³/mol. The smallest absolute Gasteiger partial charge is 0.131 e. The summed E-state index contributed by atoms with van der Waals surface area (Å²) in [5.74, 6) is 0.373. The van der Waals surface area contributed by atoms with Crippen LogP contribution in [0.1, 0.15) is 36.6 Å².